The lowest BCUT2D eigenvalue weighted by Gasteiger charge is -2.14. The second-order valence-corrected chi connectivity index (χ2v) is 5.27. The number of hydrogen-bond acceptors (Lipinski definition) is 4. The van der Waals surface area contributed by atoms with Crippen LogP contribution in [0.2, 0.25) is 0 Å². The second kappa shape index (κ2) is 6.24. The third kappa shape index (κ3) is 4.29. The number of nitrogen functional groups attached to an aromatic ring is 1. The Bertz CT molecular complexity index is 501. The summed E-state index contributed by atoms with van der Waals surface area (Å²) in [6.45, 7) is 5.89. The van der Waals surface area contributed by atoms with Crippen molar-refractivity contribution in [1.82, 2.24) is 0 Å². The van der Waals surface area contributed by atoms with Crippen molar-refractivity contribution in [2.24, 2.45) is 5.41 Å². The van der Waals surface area contributed by atoms with E-state index in [9.17, 15) is 4.79 Å². The zero-order chi connectivity index (χ0) is 14.5. The van der Waals surface area contributed by atoms with Crippen molar-refractivity contribution in [3.05, 3.63) is 29.3 Å². The van der Waals surface area contributed by atoms with E-state index in [1.165, 1.54) is 0 Å². The maximum absolute atomic E-state index is 11.8. The van der Waals surface area contributed by atoms with Crippen molar-refractivity contribution < 1.29 is 9.53 Å². The van der Waals surface area contributed by atoms with E-state index in [0.29, 0.717) is 30.7 Å². The van der Waals surface area contributed by atoms with Gasteiger partial charge >= 0.3 is 5.97 Å². The summed E-state index contributed by atoms with van der Waals surface area (Å²) in [6.07, 6.45) is 1.36. The van der Waals surface area contributed by atoms with Crippen LogP contribution in [0.1, 0.15) is 42.6 Å². The second-order valence-electron chi connectivity index (χ2n) is 5.27. The number of anilines is 1. The Labute approximate surface area is 114 Å². The molecule has 1 aromatic rings. The van der Waals surface area contributed by atoms with Gasteiger partial charge in [-0.3, -0.25) is 0 Å². The maximum Gasteiger partial charge on any atom is 0.340 e. The predicted molar refractivity (Wildman–Crippen MR) is 74.5 cm³/mol. The van der Waals surface area contributed by atoms with Gasteiger partial charge in [0, 0.05) is 5.69 Å². The number of ether oxygens (including phenoxy) is 1. The Morgan fingerprint density at radius 3 is 2.79 bits per heavy atom. The highest BCUT2D eigenvalue weighted by molar-refractivity contribution is 5.95. The highest BCUT2D eigenvalue weighted by atomic mass is 16.5. The van der Waals surface area contributed by atoms with E-state index in [1.807, 2.05) is 26.8 Å². The van der Waals surface area contributed by atoms with Crippen LogP contribution in [0.15, 0.2) is 18.2 Å². The molecule has 4 heteroatoms. The molecule has 0 aliphatic heterocycles. The van der Waals surface area contributed by atoms with Gasteiger partial charge in [-0.05, 0) is 45.2 Å². The topological polar surface area (TPSA) is 76.1 Å². The van der Waals surface area contributed by atoms with Crippen molar-refractivity contribution in [2.45, 2.75) is 33.6 Å². The van der Waals surface area contributed by atoms with E-state index in [1.54, 1.807) is 12.1 Å². The standard InChI is InChI=1S/C15H20N2O2/c1-11-6-4-7-12(13(11)17)14(18)19-9-5-8-15(2,3)10-16/h4,6-7H,5,8-9,17H2,1-3H3. The molecule has 4 nitrogen and oxygen atoms in total. The fourth-order valence-corrected chi connectivity index (χ4v) is 1.67. The summed E-state index contributed by atoms with van der Waals surface area (Å²) in [7, 11) is 0. The van der Waals surface area contributed by atoms with Gasteiger partial charge < -0.3 is 10.5 Å². The summed E-state index contributed by atoms with van der Waals surface area (Å²) in [5.74, 6) is -0.407. The number of nitrogens with two attached hydrogens (primary N) is 1. The summed E-state index contributed by atoms with van der Waals surface area (Å²) in [4.78, 5) is 11.8. The first kappa shape index (κ1) is 15.0. The summed E-state index contributed by atoms with van der Waals surface area (Å²) in [5.41, 5.74) is 7.18. The van der Waals surface area contributed by atoms with E-state index in [0.717, 1.165) is 5.56 Å². The lowest BCUT2D eigenvalue weighted by Crippen LogP contribution is -2.13. The highest BCUT2D eigenvalue weighted by Crippen LogP contribution is 2.21. The Kier molecular flexibility index (Phi) is 4.94. The van der Waals surface area contributed by atoms with Crippen LogP contribution in [-0.2, 0) is 4.74 Å². The SMILES string of the molecule is Cc1cccc(C(=O)OCCCC(C)(C)C#N)c1N. The highest BCUT2D eigenvalue weighted by Gasteiger charge is 2.17. The van der Waals surface area contributed by atoms with Gasteiger partial charge in [0.15, 0.2) is 0 Å². The van der Waals surface area contributed by atoms with Crippen molar-refractivity contribution in [2.75, 3.05) is 12.3 Å². The number of hydrogen-bond donors (Lipinski definition) is 1. The number of nitrogens with zero attached hydrogens (tertiary/aromatic N) is 1. The molecule has 0 heterocycles. The molecule has 0 bridgehead atoms. The maximum atomic E-state index is 11.8. The van der Waals surface area contributed by atoms with Crippen LogP contribution < -0.4 is 5.73 Å². The number of para-hydroxylation sites is 1. The van der Waals surface area contributed by atoms with Crippen LogP contribution in [-0.4, -0.2) is 12.6 Å². The number of carbonyl (C=O) groups excluding carboxylic acids is 1. The van der Waals surface area contributed by atoms with Crippen molar-refractivity contribution in [3.63, 3.8) is 0 Å². The van der Waals surface area contributed by atoms with E-state index >= 15 is 0 Å². The molecule has 0 fully saturated rings. The Hall–Kier alpha value is -2.02. The van der Waals surface area contributed by atoms with Crippen LogP contribution in [0.5, 0.6) is 0 Å². The van der Waals surface area contributed by atoms with Gasteiger partial charge in [0.2, 0.25) is 0 Å². The third-order valence-electron chi connectivity index (χ3n) is 3.03. The predicted octanol–water partition coefficient (Wildman–Crippen LogP) is 3.06. The molecule has 19 heavy (non-hydrogen) atoms. The molecule has 1 aromatic carbocycles. The number of nitriles is 1. The minimum atomic E-state index is -0.407. The minimum Gasteiger partial charge on any atom is -0.462 e. The van der Waals surface area contributed by atoms with Crippen molar-refractivity contribution >= 4 is 11.7 Å². The molecule has 0 saturated carbocycles. The zero-order valence-electron chi connectivity index (χ0n) is 11.7. The molecule has 2 N–H and O–H groups in total. The van der Waals surface area contributed by atoms with E-state index in [2.05, 4.69) is 6.07 Å². The van der Waals surface area contributed by atoms with Gasteiger partial charge in [-0.15, -0.1) is 0 Å². The number of esters is 1. The molecule has 0 unspecified atom stereocenters. The van der Waals surface area contributed by atoms with Gasteiger partial charge in [-0.1, -0.05) is 12.1 Å². The zero-order valence-corrected chi connectivity index (χ0v) is 11.7. The van der Waals surface area contributed by atoms with E-state index in [-0.39, 0.29) is 5.41 Å². The van der Waals surface area contributed by atoms with Gasteiger partial charge in [0.25, 0.3) is 0 Å². The average Bonchev–Trinajstić information content (AvgIpc) is 2.37. The quantitative estimate of drug-likeness (QED) is 0.501. The molecule has 0 atom stereocenters. The first-order chi connectivity index (χ1) is 8.87. The third-order valence-corrected chi connectivity index (χ3v) is 3.03. The van der Waals surface area contributed by atoms with Crippen LogP contribution in [0.3, 0.4) is 0 Å². The van der Waals surface area contributed by atoms with Crippen LogP contribution in [0.4, 0.5) is 5.69 Å². The largest absolute Gasteiger partial charge is 0.462 e. The molecule has 1 rings (SSSR count). The molecule has 0 aliphatic rings. The van der Waals surface area contributed by atoms with Crippen LogP contribution in [0.25, 0.3) is 0 Å². The van der Waals surface area contributed by atoms with Crippen molar-refractivity contribution in [3.8, 4) is 6.07 Å². The van der Waals surface area contributed by atoms with Gasteiger partial charge in [0.05, 0.1) is 23.7 Å². The average molecular weight is 260 g/mol. The number of carbonyl (C=O) groups is 1. The Morgan fingerprint density at radius 1 is 1.47 bits per heavy atom. The van der Waals surface area contributed by atoms with Gasteiger partial charge in [0.1, 0.15) is 0 Å². The summed E-state index contributed by atoms with van der Waals surface area (Å²) >= 11 is 0. The smallest absolute Gasteiger partial charge is 0.340 e. The number of aryl methyl sites for hydroxylation is 1. The van der Waals surface area contributed by atoms with Crippen LogP contribution in [0, 0.1) is 23.7 Å². The molecular formula is C15H20N2O2. The fraction of sp³-hybridized carbons (Fsp3) is 0.467. The normalized spacial score (nSPS) is 10.8. The molecule has 0 aromatic heterocycles. The Balaban J connectivity index is 2.49. The number of benzene rings is 1. The van der Waals surface area contributed by atoms with E-state index in [4.69, 9.17) is 15.7 Å². The molecule has 0 spiro atoms. The molecule has 0 radical (unpaired) electrons. The molecule has 0 amide bonds. The Morgan fingerprint density at radius 2 is 2.16 bits per heavy atom. The summed E-state index contributed by atoms with van der Waals surface area (Å²) in [5, 5.41) is 8.87. The lowest BCUT2D eigenvalue weighted by molar-refractivity contribution is 0.0492. The first-order valence-electron chi connectivity index (χ1n) is 6.31. The van der Waals surface area contributed by atoms with Crippen molar-refractivity contribution in [1.29, 1.82) is 5.26 Å². The number of rotatable bonds is 5. The monoisotopic (exact) mass is 260 g/mol. The van der Waals surface area contributed by atoms with E-state index < -0.39 is 5.97 Å². The molecule has 0 saturated heterocycles. The van der Waals surface area contributed by atoms with Crippen LogP contribution >= 0.6 is 0 Å². The minimum absolute atomic E-state index is 0.303. The fourth-order valence-electron chi connectivity index (χ4n) is 1.67. The summed E-state index contributed by atoms with van der Waals surface area (Å²) in [6, 6.07) is 7.50. The first-order valence-corrected chi connectivity index (χ1v) is 6.31. The lowest BCUT2D eigenvalue weighted by atomic mass is 9.90. The molecule has 102 valence electrons. The molecular weight excluding hydrogens is 240 g/mol. The molecule has 0 aliphatic carbocycles. The summed E-state index contributed by atoms with van der Waals surface area (Å²) < 4.78 is 5.18. The van der Waals surface area contributed by atoms with Gasteiger partial charge in [-0.2, -0.15) is 5.26 Å². The van der Waals surface area contributed by atoms with Gasteiger partial charge in [-0.25, -0.2) is 4.79 Å².